The molecule has 220 valence electrons. The Bertz CT molecular complexity index is 1260. The highest BCUT2D eigenvalue weighted by molar-refractivity contribution is 5.71. The summed E-state index contributed by atoms with van der Waals surface area (Å²) in [7, 11) is 0. The molecule has 0 spiro atoms. The first-order chi connectivity index (χ1) is 19.9. The number of rotatable bonds is 16. The van der Waals surface area contributed by atoms with Crippen molar-refractivity contribution in [2.75, 3.05) is 0 Å². The highest BCUT2D eigenvalue weighted by atomic mass is 19.1. The van der Waals surface area contributed by atoms with Crippen molar-refractivity contribution in [3.63, 3.8) is 0 Å². The van der Waals surface area contributed by atoms with Crippen LogP contribution in [0.2, 0.25) is 0 Å². The Labute approximate surface area is 245 Å². The monoisotopic (exact) mass is 560 g/mol. The summed E-state index contributed by atoms with van der Waals surface area (Å²) in [5, 5.41) is 8.80. The number of hydrogen-bond donors (Lipinski definition) is 1. The second-order valence-electron chi connectivity index (χ2n) is 12.0. The van der Waals surface area contributed by atoms with Gasteiger partial charge in [0, 0.05) is 12.0 Å². The van der Waals surface area contributed by atoms with Crippen molar-refractivity contribution in [1.82, 2.24) is 0 Å². The van der Waals surface area contributed by atoms with E-state index in [1.54, 1.807) is 12.1 Å². The van der Waals surface area contributed by atoms with Gasteiger partial charge in [-0.2, -0.15) is 0 Å². The van der Waals surface area contributed by atoms with Gasteiger partial charge in [0.2, 0.25) is 0 Å². The molecule has 0 unspecified atom stereocenters. The van der Waals surface area contributed by atoms with Crippen LogP contribution in [0.4, 0.5) is 8.78 Å². The number of unbranched alkanes of at least 4 members (excludes halogenated alkanes) is 7. The molecule has 2 nitrogen and oxygen atoms in total. The first-order valence-electron chi connectivity index (χ1n) is 15.8. The normalized spacial score (nSPS) is 14.4. The quantitative estimate of drug-likeness (QED) is 0.177. The van der Waals surface area contributed by atoms with E-state index in [1.165, 1.54) is 19.3 Å². The number of benzene rings is 3. The highest BCUT2D eigenvalue weighted by Gasteiger charge is 2.37. The number of carboxylic acid groups (broad SMARTS) is 1. The average molecular weight is 561 g/mol. The predicted molar refractivity (Wildman–Crippen MR) is 165 cm³/mol. The van der Waals surface area contributed by atoms with Crippen LogP contribution in [0.5, 0.6) is 0 Å². The molecule has 41 heavy (non-hydrogen) atoms. The Morgan fingerprint density at radius 1 is 0.732 bits per heavy atom. The van der Waals surface area contributed by atoms with Gasteiger partial charge in [0.15, 0.2) is 0 Å². The van der Waals surface area contributed by atoms with E-state index in [4.69, 9.17) is 5.11 Å². The zero-order valence-electron chi connectivity index (χ0n) is 24.7. The second-order valence-corrected chi connectivity index (χ2v) is 12.0. The summed E-state index contributed by atoms with van der Waals surface area (Å²) in [6.45, 7) is 2.19. The molecule has 1 fully saturated rings. The van der Waals surface area contributed by atoms with Crippen molar-refractivity contribution in [3.05, 3.63) is 83.4 Å². The lowest BCUT2D eigenvalue weighted by Gasteiger charge is -2.30. The molecule has 3 aromatic rings. The van der Waals surface area contributed by atoms with Crippen LogP contribution in [0.3, 0.4) is 0 Å². The summed E-state index contributed by atoms with van der Waals surface area (Å²) in [6, 6.07) is 19.0. The molecule has 1 aliphatic rings. The van der Waals surface area contributed by atoms with Crippen molar-refractivity contribution in [2.24, 2.45) is 0 Å². The average Bonchev–Trinajstić information content (AvgIpc) is 3.44. The smallest absolute Gasteiger partial charge is 0.303 e. The third kappa shape index (κ3) is 8.50. The number of aryl methyl sites for hydroxylation is 1. The first kappa shape index (κ1) is 30.9. The molecule has 4 rings (SSSR count). The van der Waals surface area contributed by atoms with Crippen LogP contribution in [0.15, 0.2) is 60.7 Å². The molecule has 3 aromatic carbocycles. The van der Waals surface area contributed by atoms with Gasteiger partial charge in [0.05, 0.1) is 0 Å². The van der Waals surface area contributed by atoms with E-state index in [0.29, 0.717) is 5.56 Å². The van der Waals surface area contributed by atoms with E-state index in [0.717, 1.165) is 105 Å². The lowest BCUT2D eigenvalue weighted by molar-refractivity contribution is -0.137. The van der Waals surface area contributed by atoms with E-state index >= 15 is 4.39 Å². The van der Waals surface area contributed by atoms with Crippen molar-refractivity contribution < 1.29 is 18.7 Å². The maximum Gasteiger partial charge on any atom is 0.303 e. The summed E-state index contributed by atoms with van der Waals surface area (Å²) < 4.78 is 30.6. The zero-order valence-corrected chi connectivity index (χ0v) is 24.7. The molecule has 0 atom stereocenters. The Hall–Kier alpha value is -3.01. The minimum Gasteiger partial charge on any atom is -0.481 e. The van der Waals surface area contributed by atoms with E-state index in [9.17, 15) is 9.18 Å². The molecular formula is C37H46F2O2. The van der Waals surface area contributed by atoms with Crippen LogP contribution >= 0.6 is 0 Å². The molecule has 0 saturated heterocycles. The van der Waals surface area contributed by atoms with Gasteiger partial charge in [0.25, 0.3) is 0 Å². The fourth-order valence-corrected chi connectivity index (χ4v) is 6.65. The molecule has 0 amide bonds. The third-order valence-corrected chi connectivity index (χ3v) is 9.03. The highest BCUT2D eigenvalue weighted by Crippen LogP contribution is 2.46. The predicted octanol–water partition coefficient (Wildman–Crippen LogP) is 11.0. The van der Waals surface area contributed by atoms with E-state index in [1.807, 2.05) is 48.5 Å². The lowest BCUT2D eigenvalue weighted by atomic mass is 9.74. The second kappa shape index (κ2) is 15.3. The molecule has 0 aromatic heterocycles. The molecule has 1 N–H and O–H groups in total. The molecule has 0 aliphatic heterocycles. The zero-order chi connectivity index (χ0) is 29.1. The summed E-state index contributed by atoms with van der Waals surface area (Å²) in [5.41, 5.74) is 4.99. The van der Waals surface area contributed by atoms with Crippen LogP contribution in [-0.2, 0) is 16.6 Å². The number of carboxylic acids is 1. The van der Waals surface area contributed by atoms with Crippen LogP contribution in [0.25, 0.3) is 22.3 Å². The van der Waals surface area contributed by atoms with Crippen LogP contribution in [0, 0.1) is 11.6 Å². The Morgan fingerprint density at radius 2 is 1.39 bits per heavy atom. The molecule has 1 saturated carbocycles. The van der Waals surface area contributed by atoms with Crippen LogP contribution < -0.4 is 0 Å². The summed E-state index contributed by atoms with van der Waals surface area (Å²) in [4.78, 5) is 10.7. The van der Waals surface area contributed by atoms with Gasteiger partial charge < -0.3 is 5.11 Å². The number of aliphatic carboxylic acids is 1. The van der Waals surface area contributed by atoms with Crippen molar-refractivity contribution in [2.45, 2.75) is 115 Å². The van der Waals surface area contributed by atoms with Gasteiger partial charge in [0.1, 0.15) is 11.6 Å². The summed E-state index contributed by atoms with van der Waals surface area (Å²) in [5.74, 6) is -1.05. The first-order valence-corrected chi connectivity index (χ1v) is 15.8. The van der Waals surface area contributed by atoms with Gasteiger partial charge >= 0.3 is 5.97 Å². The number of hydrogen-bond acceptors (Lipinski definition) is 1. The molecule has 1 aliphatic carbocycles. The topological polar surface area (TPSA) is 37.3 Å². The molecule has 4 heteroatoms. The van der Waals surface area contributed by atoms with E-state index in [2.05, 4.69) is 6.92 Å². The molecule has 0 bridgehead atoms. The number of carbonyl (C=O) groups is 1. The van der Waals surface area contributed by atoms with Gasteiger partial charge in [-0.15, -0.1) is 0 Å². The van der Waals surface area contributed by atoms with Crippen molar-refractivity contribution >= 4 is 5.97 Å². The fraction of sp³-hybridized carbons (Fsp3) is 0.486. The number of halogens is 2. The maximum absolute atomic E-state index is 15.6. The van der Waals surface area contributed by atoms with Gasteiger partial charge in [-0.1, -0.05) is 113 Å². The van der Waals surface area contributed by atoms with E-state index in [-0.39, 0.29) is 23.5 Å². The lowest BCUT2D eigenvalue weighted by Crippen LogP contribution is -2.23. The largest absolute Gasteiger partial charge is 0.481 e. The minimum atomic E-state index is -0.725. The maximum atomic E-state index is 15.6. The molecule has 0 heterocycles. The Morgan fingerprint density at radius 3 is 2.07 bits per heavy atom. The summed E-state index contributed by atoms with van der Waals surface area (Å²) in [6.07, 6.45) is 16.0. The SMILES string of the molecule is CCCCCCc1ccc(-c2ccc(-c3ccc(C4(CCCCCCCC(=O)O)CCCC4)c(F)c3)cc2)c(F)c1. The molecular weight excluding hydrogens is 514 g/mol. The van der Waals surface area contributed by atoms with Crippen LogP contribution in [-0.4, -0.2) is 11.1 Å². The van der Waals surface area contributed by atoms with Gasteiger partial charge in [-0.3, -0.25) is 4.79 Å². The molecule has 0 radical (unpaired) electrons. The van der Waals surface area contributed by atoms with Crippen molar-refractivity contribution in [1.29, 1.82) is 0 Å². The Balaban J connectivity index is 1.39. The third-order valence-electron chi connectivity index (χ3n) is 9.03. The van der Waals surface area contributed by atoms with Gasteiger partial charge in [-0.05, 0) is 83.9 Å². The van der Waals surface area contributed by atoms with E-state index < -0.39 is 5.97 Å². The van der Waals surface area contributed by atoms with Crippen LogP contribution in [0.1, 0.15) is 114 Å². The van der Waals surface area contributed by atoms with Gasteiger partial charge in [-0.25, -0.2) is 8.78 Å². The minimum absolute atomic E-state index is 0.0901. The standard InChI is InChI=1S/C37H46F2O2/c1-2-3-4-8-13-28-15-21-32(34(38)26-28)30-18-16-29(17-19-30)31-20-22-33(35(39)27-31)37(24-11-12-25-37)23-10-7-5-6-9-14-36(40)41/h15-22,26-27H,2-14,23-25H2,1H3,(H,40,41). The van der Waals surface area contributed by atoms with Crippen molar-refractivity contribution in [3.8, 4) is 22.3 Å². The summed E-state index contributed by atoms with van der Waals surface area (Å²) >= 11 is 0. The Kier molecular flexibility index (Phi) is 11.5. The fourth-order valence-electron chi connectivity index (χ4n) is 6.65.